The van der Waals surface area contributed by atoms with Gasteiger partial charge in [0.25, 0.3) is 0 Å². The second-order valence-electron chi connectivity index (χ2n) is 4.50. The van der Waals surface area contributed by atoms with E-state index in [-0.39, 0.29) is 6.79 Å². The van der Waals surface area contributed by atoms with Crippen molar-refractivity contribution >= 4 is 11.6 Å². The molecule has 0 N–H and O–H groups in total. The van der Waals surface area contributed by atoms with Crippen LogP contribution >= 0.6 is 11.6 Å². The predicted octanol–water partition coefficient (Wildman–Crippen LogP) is 3.92. The molecule has 4 nitrogen and oxygen atoms in total. The number of hydrogen-bond donors (Lipinski definition) is 0. The maximum absolute atomic E-state index is 6.01. The molecule has 0 saturated heterocycles. The summed E-state index contributed by atoms with van der Waals surface area (Å²) in [6.07, 6.45) is 0.764. The quantitative estimate of drug-likeness (QED) is 0.758. The monoisotopic (exact) mass is 306 g/mol. The average Bonchev–Trinajstić information content (AvgIpc) is 2.96. The van der Waals surface area contributed by atoms with Gasteiger partial charge in [0, 0.05) is 12.5 Å². The van der Waals surface area contributed by atoms with Gasteiger partial charge in [-0.3, -0.25) is 0 Å². The number of rotatable bonds is 6. The molecular formula is C16H15ClO4. The molecule has 2 aromatic rings. The lowest BCUT2D eigenvalue weighted by molar-refractivity contribution is 0.173. The molecule has 1 aliphatic rings. The molecule has 0 spiro atoms. The Hall–Kier alpha value is -2.07. The van der Waals surface area contributed by atoms with Crippen LogP contribution in [0.1, 0.15) is 6.42 Å². The van der Waals surface area contributed by atoms with Crippen molar-refractivity contribution in [2.24, 2.45) is 0 Å². The van der Waals surface area contributed by atoms with E-state index in [1.807, 2.05) is 36.4 Å². The van der Waals surface area contributed by atoms with Gasteiger partial charge in [-0.1, -0.05) is 23.7 Å². The number of para-hydroxylation sites is 1. The topological polar surface area (TPSA) is 36.9 Å². The van der Waals surface area contributed by atoms with Gasteiger partial charge in [-0.2, -0.15) is 0 Å². The van der Waals surface area contributed by atoms with Crippen molar-refractivity contribution < 1.29 is 18.9 Å². The van der Waals surface area contributed by atoms with Crippen molar-refractivity contribution in [3.05, 3.63) is 47.5 Å². The van der Waals surface area contributed by atoms with Crippen LogP contribution in [0.25, 0.3) is 0 Å². The highest BCUT2D eigenvalue weighted by Crippen LogP contribution is 2.35. The van der Waals surface area contributed by atoms with Gasteiger partial charge in [0.15, 0.2) is 11.5 Å². The van der Waals surface area contributed by atoms with Crippen LogP contribution in [0.2, 0.25) is 5.02 Å². The van der Waals surface area contributed by atoms with Crippen LogP contribution in [-0.4, -0.2) is 20.0 Å². The molecule has 0 aliphatic carbocycles. The highest BCUT2D eigenvalue weighted by molar-refractivity contribution is 6.32. The molecule has 1 aliphatic heterocycles. The van der Waals surface area contributed by atoms with Crippen LogP contribution in [0.3, 0.4) is 0 Å². The van der Waals surface area contributed by atoms with E-state index < -0.39 is 0 Å². The fourth-order valence-corrected chi connectivity index (χ4v) is 2.15. The minimum Gasteiger partial charge on any atom is -0.493 e. The highest BCUT2D eigenvalue weighted by Gasteiger charge is 2.13. The summed E-state index contributed by atoms with van der Waals surface area (Å²) in [4.78, 5) is 0. The molecule has 0 amide bonds. The van der Waals surface area contributed by atoms with Crippen molar-refractivity contribution in [2.45, 2.75) is 6.42 Å². The third kappa shape index (κ3) is 3.52. The summed E-state index contributed by atoms with van der Waals surface area (Å²) in [7, 11) is 0. The van der Waals surface area contributed by atoms with E-state index in [0.717, 1.165) is 23.7 Å². The summed E-state index contributed by atoms with van der Waals surface area (Å²) in [5, 5.41) is 0.620. The number of halogens is 1. The van der Waals surface area contributed by atoms with Crippen LogP contribution < -0.4 is 18.9 Å². The molecule has 5 heteroatoms. The highest BCUT2D eigenvalue weighted by atomic mass is 35.5. The fraction of sp³-hybridized carbons (Fsp3) is 0.250. The van der Waals surface area contributed by atoms with Gasteiger partial charge in [0.2, 0.25) is 6.79 Å². The number of ether oxygens (including phenoxy) is 4. The lowest BCUT2D eigenvalue weighted by Crippen LogP contribution is -2.05. The van der Waals surface area contributed by atoms with E-state index >= 15 is 0 Å². The lowest BCUT2D eigenvalue weighted by Gasteiger charge is -2.09. The third-order valence-corrected chi connectivity index (χ3v) is 3.31. The van der Waals surface area contributed by atoms with Gasteiger partial charge < -0.3 is 18.9 Å². The van der Waals surface area contributed by atoms with Crippen LogP contribution in [0.5, 0.6) is 23.0 Å². The fourth-order valence-electron chi connectivity index (χ4n) is 1.96. The molecule has 21 heavy (non-hydrogen) atoms. The molecule has 0 saturated carbocycles. The van der Waals surface area contributed by atoms with E-state index in [0.29, 0.717) is 24.0 Å². The molecule has 3 rings (SSSR count). The van der Waals surface area contributed by atoms with E-state index in [4.69, 9.17) is 30.5 Å². The average molecular weight is 307 g/mol. The Morgan fingerprint density at radius 1 is 0.952 bits per heavy atom. The maximum atomic E-state index is 6.01. The van der Waals surface area contributed by atoms with E-state index in [2.05, 4.69) is 0 Å². The summed E-state index contributed by atoms with van der Waals surface area (Å²) in [5.41, 5.74) is 0. The summed E-state index contributed by atoms with van der Waals surface area (Å²) in [6, 6.07) is 13.0. The SMILES string of the molecule is Clc1ccccc1OCCCOc1ccc2c(c1)OCO2. The molecule has 0 unspecified atom stereocenters. The lowest BCUT2D eigenvalue weighted by atomic mass is 10.3. The first-order valence-electron chi connectivity index (χ1n) is 6.73. The van der Waals surface area contributed by atoms with Crippen molar-refractivity contribution in [3.8, 4) is 23.0 Å². The number of fused-ring (bicyclic) bond motifs is 1. The van der Waals surface area contributed by atoms with E-state index in [1.165, 1.54) is 0 Å². The third-order valence-electron chi connectivity index (χ3n) is 3.00. The summed E-state index contributed by atoms with van der Waals surface area (Å²) >= 11 is 6.01. The van der Waals surface area contributed by atoms with Crippen LogP contribution in [0.15, 0.2) is 42.5 Å². The standard InChI is InChI=1S/C16H15ClO4/c17-13-4-1-2-5-14(13)19-9-3-8-18-12-6-7-15-16(10-12)21-11-20-15/h1-2,4-7,10H,3,8-9,11H2. The minimum atomic E-state index is 0.268. The number of hydrogen-bond acceptors (Lipinski definition) is 4. The van der Waals surface area contributed by atoms with Gasteiger partial charge >= 0.3 is 0 Å². The van der Waals surface area contributed by atoms with Crippen LogP contribution in [0.4, 0.5) is 0 Å². The number of benzene rings is 2. The van der Waals surface area contributed by atoms with E-state index in [9.17, 15) is 0 Å². The molecular weight excluding hydrogens is 292 g/mol. The molecule has 0 bridgehead atoms. The largest absolute Gasteiger partial charge is 0.493 e. The Morgan fingerprint density at radius 2 is 1.76 bits per heavy atom. The van der Waals surface area contributed by atoms with Gasteiger partial charge in [0.05, 0.1) is 18.2 Å². The van der Waals surface area contributed by atoms with Gasteiger partial charge in [0.1, 0.15) is 11.5 Å². The molecule has 0 fully saturated rings. The zero-order chi connectivity index (χ0) is 14.5. The molecule has 2 aromatic carbocycles. The van der Waals surface area contributed by atoms with Gasteiger partial charge in [-0.25, -0.2) is 0 Å². The predicted molar refractivity (Wildman–Crippen MR) is 79.6 cm³/mol. The zero-order valence-corrected chi connectivity index (χ0v) is 12.1. The first-order chi connectivity index (χ1) is 10.3. The van der Waals surface area contributed by atoms with Gasteiger partial charge in [-0.05, 0) is 24.3 Å². The van der Waals surface area contributed by atoms with Gasteiger partial charge in [-0.15, -0.1) is 0 Å². The first kappa shape index (κ1) is 13.9. The van der Waals surface area contributed by atoms with Crippen molar-refractivity contribution in [3.63, 3.8) is 0 Å². The molecule has 0 atom stereocenters. The zero-order valence-electron chi connectivity index (χ0n) is 11.4. The minimum absolute atomic E-state index is 0.268. The normalized spacial score (nSPS) is 12.2. The summed E-state index contributed by atoms with van der Waals surface area (Å²) < 4.78 is 21.8. The Morgan fingerprint density at radius 3 is 2.67 bits per heavy atom. The summed E-state index contributed by atoms with van der Waals surface area (Å²) in [5.74, 6) is 2.93. The molecule has 0 radical (unpaired) electrons. The van der Waals surface area contributed by atoms with Crippen molar-refractivity contribution in [1.29, 1.82) is 0 Å². The molecule has 0 aromatic heterocycles. The molecule has 1 heterocycles. The Balaban J connectivity index is 1.41. The van der Waals surface area contributed by atoms with E-state index in [1.54, 1.807) is 6.07 Å². The Bertz CT molecular complexity index is 615. The van der Waals surface area contributed by atoms with Crippen molar-refractivity contribution in [1.82, 2.24) is 0 Å². The second-order valence-corrected chi connectivity index (χ2v) is 4.90. The smallest absolute Gasteiger partial charge is 0.231 e. The Labute approximate surface area is 128 Å². The Kier molecular flexibility index (Phi) is 4.36. The molecule has 110 valence electrons. The van der Waals surface area contributed by atoms with Crippen LogP contribution in [-0.2, 0) is 0 Å². The second kappa shape index (κ2) is 6.59. The maximum Gasteiger partial charge on any atom is 0.231 e. The summed E-state index contributed by atoms with van der Waals surface area (Å²) in [6.45, 7) is 1.38. The first-order valence-corrected chi connectivity index (χ1v) is 7.10. The van der Waals surface area contributed by atoms with Crippen molar-refractivity contribution in [2.75, 3.05) is 20.0 Å². The van der Waals surface area contributed by atoms with Crippen LogP contribution in [0, 0.1) is 0 Å².